The Kier molecular flexibility index (Phi) is 6.01. The summed E-state index contributed by atoms with van der Waals surface area (Å²) in [5, 5.41) is 13.3. The Hall–Kier alpha value is -1.96. The van der Waals surface area contributed by atoms with E-state index in [4.69, 9.17) is 9.47 Å². The molecular weight excluding hydrogens is 340 g/mol. The van der Waals surface area contributed by atoms with E-state index < -0.39 is 4.92 Å². The second kappa shape index (κ2) is 8.42. The van der Waals surface area contributed by atoms with Crippen molar-refractivity contribution in [2.75, 3.05) is 20.3 Å². The van der Waals surface area contributed by atoms with Gasteiger partial charge in [0.05, 0.1) is 18.1 Å². The van der Waals surface area contributed by atoms with Gasteiger partial charge in [-0.05, 0) is 35.9 Å². The molecule has 134 valence electrons. The number of nitro benzene ring substituents is 1. The second-order valence-electron chi connectivity index (χ2n) is 6.15. The maximum atomic E-state index is 11.2. The predicted octanol–water partition coefficient (Wildman–Crippen LogP) is 3.85. The zero-order chi connectivity index (χ0) is 17.6. The summed E-state index contributed by atoms with van der Waals surface area (Å²) in [6.07, 6.45) is 2.42. The highest BCUT2D eigenvalue weighted by molar-refractivity contribution is 7.09. The Morgan fingerprint density at radius 3 is 2.92 bits per heavy atom. The monoisotopic (exact) mass is 362 g/mol. The summed E-state index contributed by atoms with van der Waals surface area (Å²) in [6.45, 7) is 3.11. The van der Waals surface area contributed by atoms with Gasteiger partial charge in [0.1, 0.15) is 0 Å². The van der Waals surface area contributed by atoms with Gasteiger partial charge in [-0.1, -0.05) is 12.1 Å². The molecule has 0 bridgehead atoms. The molecule has 25 heavy (non-hydrogen) atoms. The van der Waals surface area contributed by atoms with Crippen LogP contribution in [-0.2, 0) is 17.8 Å². The van der Waals surface area contributed by atoms with E-state index >= 15 is 0 Å². The van der Waals surface area contributed by atoms with E-state index in [1.807, 2.05) is 12.1 Å². The summed E-state index contributed by atoms with van der Waals surface area (Å²) in [6, 6.07) is 9.33. The summed E-state index contributed by atoms with van der Waals surface area (Å²) < 4.78 is 10.9. The molecule has 1 unspecified atom stereocenters. The molecule has 1 atom stereocenters. The van der Waals surface area contributed by atoms with Gasteiger partial charge < -0.3 is 9.47 Å². The number of nitro groups is 1. The van der Waals surface area contributed by atoms with Crippen molar-refractivity contribution in [3.8, 4) is 5.75 Å². The molecule has 1 aliphatic heterocycles. The minimum absolute atomic E-state index is 0.00758. The minimum Gasteiger partial charge on any atom is -0.490 e. The molecule has 0 N–H and O–H groups in total. The molecule has 1 fully saturated rings. The van der Waals surface area contributed by atoms with E-state index in [1.54, 1.807) is 23.5 Å². The van der Waals surface area contributed by atoms with Gasteiger partial charge in [0.15, 0.2) is 5.75 Å². The summed E-state index contributed by atoms with van der Waals surface area (Å²) >= 11 is 1.72. The molecule has 2 aromatic rings. The Labute approximate surface area is 151 Å². The van der Waals surface area contributed by atoms with Gasteiger partial charge in [-0.3, -0.25) is 15.0 Å². The molecular formula is C18H22N2O4S. The average Bonchev–Trinajstić information content (AvgIpc) is 3.28. The van der Waals surface area contributed by atoms with Crippen molar-refractivity contribution in [1.29, 1.82) is 0 Å². The van der Waals surface area contributed by atoms with E-state index in [0.29, 0.717) is 6.54 Å². The van der Waals surface area contributed by atoms with Crippen LogP contribution in [0.2, 0.25) is 0 Å². The molecule has 6 nitrogen and oxygen atoms in total. The SMILES string of the molecule is COc1ccc(CN(Cc2cccs2)CC2CCCO2)cc1[N+](=O)[O-]. The van der Waals surface area contributed by atoms with Crippen molar-refractivity contribution in [3.63, 3.8) is 0 Å². The maximum Gasteiger partial charge on any atom is 0.311 e. The van der Waals surface area contributed by atoms with Gasteiger partial charge in [0, 0.05) is 37.2 Å². The van der Waals surface area contributed by atoms with Crippen molar-refractivity contribution in [2.45, 2.75) is 32.0 Å². The predicted molar refractivity (Wildman–Crippen MR) is 97.1 cm³/mol. The fraction of sp³-hybridized carbons (Fsp3) is 0.444. The van der Waals surface area contributed by atoms with Crippen LogP contribution in [0.15, 0.2) is 35.7 Å². The first-order valence-electron chi connectivity index (χ1n) is 8.33. The van der Waals surface area contributed by atoms with Crippen molar-refractivity contribution in [1.82, 2.24) is 4.90 Å². The molecule has 0 spiro atoms. The first-order chi connectivity index (χ1) is 12.2. The van der Waals surface area contributed by atoms with Crippen molar-refractivity contribution < 1.29 is 14.4 Å². The molecule has 0 radical (unpaired) electrons. The number of nitrogens with zero attached hydrogens (tertiary/aromatic N) is 2. The number of benzene rings is 1. The van der Waals surface area contributed by atoms with Gasteiger partial charge in [0.2, 0.25) is 0 Å². The third kappa shape index (κ3) is 4.78. The fourth-order valence-corrected chi connectivity index (χ4v) is 3.87. The summed E-state index contributed by atoms with van der Waals surface area (Å²) in [5.74, 6) is 0.290. The van der Waals surface area contributed by atoms with Crippen LogP contribution in [0.1, 0.15) is 23.3 Å². The van der Waals surface area contributed by atoms with E-state index in [1.165, 1.54) is 12.0 Å². The zero-order valence-corrected chi connectivity index (χ0v) is 15.0. The van der Waals surface area contributed by atoms with Gasteiger partial charge in [-0.15, -0.1) is 11.3 Å². The standard InChI is InChI=1S/C18H22N2O4S/c1-23-18-7-6-14(10-17(18)20(21)22)11-19(12-15-4-2-8-24-15)13-16-5-3-9-25-16/h3,5-7,9-10,15H,2,4,8,11-13H2,1H3. The normalized spacial score (nSPS) is 17.1. The summed E-state index contributed by atoms with van der Waals surface area (Å²) in [5.41, 5.74) is 0.912. The minimum atomic E-state index is -0.397. The lowest BCUT2D eigenvalue weighted by Gasteiger charge is -2.25. The first kappa shape index (κ1) is 17.8. The third-order valence-electron chi connectivity index (χ3n) is 4.29. The largest absolute Gasteiger partial charge is 0.490 e. The number of hydrogen-bond acceptors (Lipinski definition) is 6. The number of rotatable bonds is 8. The molecule has 7 heteroatoms. The molecule has 1 aromatic heterocycles. The second-order valence-corrected chi connectivity index (χ2v) is 7.18. The van der Waals surface area contributed by atoms with E-state index in [2.05, 4.69) is 16.3 Å². The van der Waals surface area contributed by atoms with Crippen LogP contribution in [0.4, 0.5) is 5.69 Å². The highest BCUT2D eigenvalue weighted by Crippen LogP contribution is 2.28. The van der Waals surface area contributed by atoms with Crippen LogP contribution in [-0.4, -0.2) is 36.2 Å². The quantitative estimate of drug-likeness (QED) is 0.527. The van der Waals surface area contributed by atoms with Crippen molar-refractivity contribution in [2.24, 2.45) is 0 Å². The lowest BCUT2D eigenvalue weighted by atomic mass is 10.1. The zero-order valence-electron chi connectivity index (χ0n) is 14.2. The highest BCUT2D eigenvalue weighted by atomic mass is 32.1. The topological polar surface area (TPSA) is 64.8 Å². The molecule has 0 saturated carbocycles. The van der Waals surface area contributed by atoms with Crippen molar-refractivity contribution in [3.05, 3.63) is 56.3 Å². The Balaban J connectivity index is 1.76. The lowest BCUT2D eigenvalue weighted by Crippen LogP contribution is -2.31. The van der Waals surface area contributed by atoms with Gasteiger partial charge >= 0.3 is 5.69 Å². The van der Waals surface area contributed by atoms with Crippen LogP contribution in [0.25, 0.3) is 0 Å². The molecule has 1 aliphatic rings. The average molecular weight is 362 g/mol. The Bertz CT molecular complexity index is 699. The van der Waals surface area contributed by atoms with Crippen LogP contribution in [0.3, 0.4) is 0 Å². The molecule has 0 aliphatic carbocycles. The third-order valence-corrected chi connectivity index (χ3v) is 5.15. The lowest BCUT2D eigenvalue weighted by molar-refractivity contribution is -0.385. The molecule has 3 rings (SSSR count). The number of thiophene rings is 1. The molecule has 0 amide bonds. The van der Waals surface area contributed by atoms with Crippen LogP contribution in [0, 0.1) is 10.1 Å². The number of hydrogen-bond donors (Lipinski definition) is 0. The van der Waals surface area contributed by atoms with Crippen molar-refractivity contribution >= 4 is 17.0 Å². The van der Waals surface area contributed by atoms with E-state index in [0.717, 1.165) is 38.1 Å². The Morgan fingerprint density at radius 1 is 1.40 bits per heavy atom. The van der Waals surface area contributed by atoms with Gasteiger partial charge in [-0.25, -0.2) is 0 Å². The summed E-state index contributed by atoms with van der Waals surface area (Å²) in [7, 11) is 1.45. The number of ether oxygens (including phenoxy) is 2. The molecule has 1 saturated heterocycles. The van der Waals surface area contributed by atoms with Gasteiger partial charge in [0.25, 0.3) is 0 Å². The summed E-state index contributed by atoms with van der Waals surface area (Å²) in [4.78, 5) is 14.4. The molecule has 1 aromatic carbocycles. The Morgan fingerprint density at radius 2 is 2.28 bits per heavy atom. The number of methoxy groups -OCH3 is 1. The maximum absolute atomic E-state index is 11.2. The van der Waals surface area contributed by atoms with Crippen LogP contribution >= 0.6 is 11.3 Å². The molecule has 2 heterocycles. The first-order valence-corrected chi connectivity index (χ1v) is 9.21. The van der Waals surface area contributed by atoms with Crippen LogP contribution < -0.4 is 4.74 Å². The highest BCUT2D eigenvalue weighted by Gasteiger charge is 2.21. The van der Waals surface area contributed by atoms with Crippen LogP contribution in [0.5, 0.6) is 5.75 Å². The smallest absolute Gasteiger partial charge is 0.311 e. The van der Waals surface area contributed by atoms with E-state index in [9.17, 15) is 10.1 Å². The van der Waals surface area contributed by atoms with E-state index in [-0.39, 0.29) is 17.5 Å². The van der Waals surface area contributed by atoms with Gasteiger partial charge in [-0.2, -0.15) is 0 Å². The fourth-order valence-electron chi connectivity index (χ4n) is 3.12.